The number of halogens is 3. The lowest BCUT2D eigenvalue weighted by Crippen LogP contribution is -2.46. The molecule has 1 heterocycles. The van der Waals surface area contributed by atoms with Crippen molar-refractivity contribution < 1.29 is 32.2 Å². The van der Waals surface area contributed by atoms with Gasteiger partial charge in [0.1, 0.15) is 29.9 Å². The molecule has 2 aromatic carbocycles. The molecule has 1 fully saturated rings. The van der Waals surface area contributed by atoms with Crippen LogP contribution in [-0.4, -0.2) is 42.7 Å². The molecule has 0 N–H and O–H groups in total. The summed E-state index contributed by atoms with van der Waals surface area (Å²) in [7, 11) is 0. The van der Waals surface area contributed by atoms with Gasteiger partial charge < -0.3 is 14.2 Å². The zero-order chi connectivity index (χ0) is 23.1. The van der Waals surface area contributed by atoms with Gasteiger partial charge in [0.25, 0.3) is 0 Å². The minimum atomic E-state index is -4.38. The molecule has 1 saturated heterocycles. The Labute approximate surface area is 186 Å². The number of likely N-dealkylation sites (tertiary alicyclic amines) is 1. The number of benzene rings is 2. The number of nitrogens with zero attached hydrogens (tertiary/aromatic N) is 1. The zero-order valence-corrected chi connectivity index (χ0v) is 18.2. The summed E-state index contributed by atoms with van der Waals surface area (Å²) in [5.41, 5.74) is -0.720. The maximum Gasteiger partial charge on any atom is 0.416 e. The van der Waals surface area contributed by atoms with Crippen LogP contribution in [0, 0.1) is 0 Å². The molecule has 0 aliphatic carbocycles. The summed E-state index contributed by atoms with van der Waals surface area (Å²) in [6.45, 7) is 5.44. The minimum Gasteiger partial charge on any atom is -0.492 e. The Bertz CT molecular complexity index is 868. The van der Waals surface area contributed by atoms with Gasteiger partial charge in [0.2, 0.25) is 0 Å². The fourth-order valence-electron chi connectivity index (χ4n) is 3.87. The van der Waals surface area contributed by atoms with Gasteiger partial charge >= 0.3 is 12.1 Å². The highest BCUT2D eigenvalue weighted by Gasteiger charge is 2.35. The summed E-state index contributed by atoms with van der Waals surface area (Å²) in [6.07, 6.45) is -1.74. The third-order valence-corrected chi connectivity index (χ3v) is 5.45. The highest BCUT2D eigenvalue weighted by Crippen LogP contribution is 2.32. The van der Waals surface area contributed by atoms with Gasteiger partial charge in [0, 0.05) is 6.04 Å². The third kappa shape index (κ3) is 6.16. The molecule has 2 atom stereocenters. The lowest BCUT2D eigenvalue weighted by molar-refractivity contribution is -0.150. The van der Waals surface area contributed by atoms with Crippen LogP contribution in [0.2, 0.25) is 0 Å². The van der Waals surface area contributed by atoms with Crippen molar-refractivity contribution in [1.29, 1.82) is 0 Å². The van der Waals surface area contributed by atoms with E-state index in [2.05, 4.69) is 4.90 Å². The van der Waals surface area contributed by atoms with Crippen molar-refractivity contribution in [2.45, 2.75) is 51.4 Å². The van der Waals surface area contributed by atoms with Gasteiger partial charge in [-0.05, 0) is 81.3 Å². The van der Waals surface area contributed by atoms with Crippen molar-refractivity contribution in [3.05, 3.63) is 54.1 Å². The van der Waals surface area contributed by atoms with Crippen LogP contribution in [0.3, 0.4) is 0 Å². The molecular formula is C24H28F3NO4. The number of ether oxygens (including phenoxy) is 3. The van der Waals surface area contributed by atoms with Gasteiger partial charge in [0.15, 0.2) is 0 Å². The Morgan fingerprint density at radius 1 is 1.03 bits per heavy atom. The molecule has 1 aliphatic heterocycles. The summed E-state index contributed by atoms with van der Waals surface area (Å²) in [6, 6.07) is 11.3. The lowest BCUT2D eigenvalue weighted by atomic mass is 10.1. The van der Waals surface area contributed by atoms with E-state index in [1.54, 1.807) is 31.2 Å². The first-order chi connectivity index (χ1) is 15.3. The van der Waals surface area contributed by atoms with Crippen LogP contribution in [0.1, 0.15) is 38.7 Å². The van der Waals surface area contributed by atoms with E-state index in [1.807, 2.05) is 6.92 Å². The highest BCUT2D eigenvalue weighted by atomic mass is 19.4. The highest BCUT2D eigenvalue weighted by molar-refractivity contribution is 5.75. The van der Waals surface area contributed by atoms with Crippen LogP contribution in [0.25, 0.3) is 0 Å². The van der Waals surface area contributed by atoms with Gasteiger partial charge in [-0.15, -0.1) is 0 Å². The SMILES string of the molecule is CCOC(=O)C(CC)N1CCC[C@@H]1COc1ccc(Oc2ccc(C(F)(F)F)cc2)cc1. The number of carbonyl (C=O) groups excluding carboxylic acids is 1. The largest absolute Gasteiger partial charge is 0.492 e. The second-order valence-electron chi connectivity index (χ2n) is 7.62. The van der Waals surface area contributed by atoms with Gasteiger partial charge in [0.05, 0.1) is 12.2 Å². The van der Waals surface area contributed by atoms with Crippen LogP contribution in [-0.2, 0) is 15.7 Å². The standard InChI is InChI=1S/C24H28F3NO4/c1-3-22(23(29)30-4-2)28-15-5-6-18(28)16-31-19-11-13-21(14-12-19)32-20-9-7-17(8-10-20)24(25,26)27/h7-14,18,22H,3-6,15-16H2,1-2H3/t18-,22?/m1/s1. The molecule has 0 amide bonds. The molecule has 0 spiro atoms. The smallest absolute Gasteiger partial charge is 0.416 e. The second kappa shape index (κ2) is 10.7. The average molecular weight is 451 g/mol. The number of hydrogen-bond donors (Lipinski definition) is 0. The predicted molar refractivity (Wildman–Crippen MR) is 114 cm³/mol. The van der Waals surface area contributed by atoms with Gasteiger partial charge in [-0.1, -0.05) is 6.92 Å². The van der Waals surface area contributed by atoms with E-state index in [0.29, 0.717) is 36.9 Å². The quantitative estimate of drug-likeness (QED) is 0.459. The Kier molecular flexibility index (Phi) is 8.01. The first kappa shape index (κ1) is 23.9. The van der Waals surface area contributed by atoms with Crippen molar-refractivity contribution in [2.75, 3.05) is 19.8 Å². The van der Waals surface area contributed by atoms with Crippen molar-refractivity contribution in [1.82, 2.24) is 4.90 Å². The minimum absolute atomic E-state index is 0.132. The van der Waals surface area contributed by atoms with Crippen LogP contribution < -0.4 is 9.47 Å². The summed E-state index contributed by atoms with van der Waals surface area (Å²) < 4.78 is 54.7. The first-order valence-corrected chi connectivity index (χ1v) is 10.8. The molecule has 0 aromatic heterocycles. The molecule has 8 heteroatoms. The molecule has 32 heavy (non-hydrogen) atoms. The van der Waals surface area contributed by atoms with Crippen LogP contribution in [0.5, 0.6) is 17.2 Å². The summed E-state index contributed by atoms with van der Waals surface area (Å²) in [4.78, 5) is 14.4. The fourth-order valence-corrected chi connectivity index (χ4v) is 3.87. The topological polar surface area (TPSA) is 48.0 Å². The molecule has 1 aliphatic rings. The number of alkyl halides is 3. The monoisotopic (exact) mass is 451 g/mol. The lowest BCUT2D eigenvalue weighted by Gasteiger charge is -2.30. The third-order valence-electron chi connectivity index (χ3n) is 5.45. The number of rotatable bonds is 9. The van der Waals surface area contributed by atoms with Crippen LogP contribution in [0.15, 0.2) is 48.5 Å². The van der Waals surface area contributed by atoms with Gasteiger partial charge in [-0.2, -0.15) is 13.2 Å². The van der Waals surface area contributed by atoms with E-state index in [4.69, 9.17) is 14.2 Å². The summed E-state index contributed by atoms with van der Waals surface area (Å²) in [5.74, 6) is 1.28. The van der Waals surface area contributed by atoms with Gasteiger partial charge in [-0.3, -0.25) is 9.69 Å². The van der Waals surface area contributed by atoms with E-state index in [1.165, 1.54) is 12.1 Å². The van der Waals surface area contributed by atoms with Gasteiger partial charge in [-0.25, -0.2) is 0 Å². The maximum atomic E-state index is 12.7. The van der Waals surface area contributed by atoms with E-state index < -0.39 is 11.7 Å². The Morgan fingerprint density at radius 2 is 1.62 bits per heavy atom. The van der Waals surface area contributed by atoms with E-state index in [9.17, 15) is 18.0 Å². The van der Waals surface area contributed by atoms with Crippen molar-refractivity contribution in [3.63, 3.8) is 0 Å². The number of esters is 1. The molecule has 0 saturated carbocycles. The van der Waals surface area contributed by atoms with E-state index in [-0.39, 0.29) is 18.1 Å². The zero-order valence-electron chi connectivity index (χ0n) is 18.2. The van der Waals surface area contributed by atoms with E-state index >= 15 is 0 Å². The van der Waals surface area contributed by atoms with Crippen molar-refractivity contribution in [3.8, 4) is 17.2 Å². The van der Waals surface area contributed by atoms with Crippen molar-refractivity contribution >= 4 is 5.97 Å². The first-order valence-electron chi connectivity index (χ1n) is 10.8. The molecule has 2 aromatic rings. The molecule has 3 rings (SSSR count). The molecule has 5 nitrogen and oxygen atoms in total. The Morgan fingerprint density at radius 3 is 2.19 bits per heavy atom. The van der Waals surface area contributed by atoms with Crippen LogP contribution in [0.4, 0.5) is 13.2 Å². The predicted octanol–water partition coefficient (Wildman–Crippen LogP) is 5.68. The summed E-state index contributed by atoms with van der Waals surface area (Å²) >= 11 is 0. The maximum absolute atomic E-state index is 12.7. The van der Waals surface area contributed by atoms with E-state index in [0.717, 1.165) is 31.5 Å². The normalized spacial score (nSPS) is 17.7. The number of hydrogen-bond acceptors (Lipinski definition) is 5. The van der Waals surface area contributed by atoms with Crippen molar-refractivity contribution in [2.24, 2.45) is 0 Å². The summed E-state index contributed by atoms with van der Waals surface area (Å²) in [5, 5.41) is 0. The molecule has 174 valence electrons. The molecule has 0 radical (unpaired) electrons. The van der Waals surface area contributed by atoms with Crippen LogP contribution >= 0.6 is 0 Å². The fraction of sp³-hybridized carbons (Fsp3) is 0.458. The second-order valence-corrected chi connectivity index (χ2v) is 7.62. The Balaban J connectivity index is 1.54. The number of carbonyl (C=O) groups is 1. The molecule has 1 unspecified atom stereocenters. The molecule has 0 bridgehead atoms. The Hall–Kier alpha value is -2.74. The average Bonchev–Trinajstić information content (AvgIpc) is 3.22. The molecular weight excluding hydrogens is 423 g/mol.